The highest BCUT2D eigenvalue weighted by Crippen LogP contribution is 2.24. The number of alkyl carbamates (subject to hydrolysis) is 1. The standard InChI is InChI=1S/C33H42BrF3N6O5/c1-31(2,3)48-30(45)40-20-32(4,5)19-39-28(44)23-9-11-24(12-10-23)41-26-17-27(47-21-33(35,36)37)43-29(42-26)38-18-22-7-13-25(14-8-22)46-16-6-15-34/h7-14,17H,6,15-16,18-21H2,1-5H3,(H,39,44)(H,40,45)(H2,38,41,42,43). The molecule has 11 nitrogen and oxygen atoms in total. The van der Waals surface area contributed by atoms with Crippen LogP contribution in [0.25, 0.3) is 0 Å². The Kier molecular flexibility index (Phi) is 13.7. The van der Waals surface area contributed by atoms with Crippen molar-refractivity contribution >= 4 is 45.4 Å². The van der Waals surface area contributed by atoms with Crippen molar-refractivity contribution in [1.82, 2.24) is 20.6 Å². The summed E-state index contributed by atoms with van der Waals surface area (Å²) in [5.41, 5.74) is 0.711. The van der Waals surface area contributed by atoms with Crippen LogP contribution in [0.3, 0.4) is 0 Å². The van der Waals surface area contributed by atoms with Crippen LogP contribution in [0.15, 0.2) is 54.6 Å². The molecule has 3 aromatic rings. The number of carbonyl (C=O) groups is 2. The van der Waals surface area contributed by atoms with E-state index >= 15 is 0 Å². The maximum Gasteiger partial charge on any atom is 0.422 e. The lowest BCUT2D eigenvalue weighted by Gasteiger charge is -2.26. The molecule has 0 unspecified atom stereocenters. The third kappa shape index (κ3) is 14.7. The van der Waals surface area contributed by atoms with Crippen molar-refractivity contribution in [3.63, 3.8) is 0 Å². The maximum atomic E-state index is 12.9. The van der Waals surface area contributed by atoms with E-state index < -0.39 is 29.9 Å². The molecule has 0 bridgehead atoms. The van der Waals surface area contributed by atoms with Gasteiger partial charge in [-0.3, -0.25) is 4.79 Å². The number of hydrogen-bond acceptors (Lipinski definition) is 9. The minimum atomic E-state index is -4.55. The molecule has 15 heteroatoms. The zero-order valence-electron chi connectivity index (χ0n) is 27.6. The molecular weight excluding hydrogens is 697 g/mol. The Balaban J connectivity index is 1.62. The van der Waals surface area contributed by atoms with E-state index in [-0.39, 0.29) is 36.6 Å². The average molecular weight is 740 g/mol. The van der Waals surface area contributed by atoms with E-state index in [1.807, 2.05) is 38.1 Å². The van der Waals surface area contributed by atoms with Crippen molar-refractivity contribution in [2.24, 2.45) is 5.41 Å². The van der Waals surface area contributed by atoms with E-state index in [1.165, 1.54) is 6.07 Å². The van der Waals surface area contributed by atoms with E-state index in [2.05, 4.69) is 47.2 Å². The summed E-state index contributed by atoms with van der Waals surface area (Å²) >= 11 is 3.36. The Morgan fingerprint density at radius 3 is 2.17 bits per heavy atom. The van der Waals surface area contributed by atoms with E-state index in [0.717, 1.165) is 23.1 Å². The normalized spacial score (nSPS) is 11.8. The van der Waals surface area contributed by atoms with Crippen LogP contribution in [0, 0.1) is 5.41 Å². The first-order valence-corrected chi connectivity index (χ1v) is 16.3. The molecule has 0 spiro atoms. The number of anilines is 3. The molecule has 0 fully saturated rings. The van der Waals surface area contributed by atoms with Gasteiger partial charge in [0.1, 0.15) is 17.2 Å². The molecule has 262 valence electrons. The topological polar surface area (TPSA) is 136 Å². The third-order valence-electron chi connectivity index (χ3n) is 6.26. The lowest BCUT2D eigenvalue weighted by Crippen LogP contribution is -2.43. The number of nitrogens with zero attached hydrogens (tertiary/aromatic N) is 2. The second kappa shape index (κ2) is 17.2. The van der Waals surface area contributed by atoms with Gasteiger partial charge >= 0.3 is 12.3 Å². The van der Waals surface area contributed by atoms with Crippen molar-refractivity contribution in [3.8, 4) is 11.6 Å². The van der Waals surface area contributed by atoms with E-state index in [9.17, 15) is 22.8 Å². The predicted octanol–water partition coefficient (Wildman–Crippen LogP) is 7.22. The monoisotopic (exact) mass is 738 g/mol. The Morgan fingerprint density at radius 2 is 1.54 bits per heavy atom. The number of hydrogen-bond donors (Lipinski definition) is 4. The van der Waals surface area contributed by atoms with Crippen molar-refractivity contribution in [3.05, 3.63) is 65.7 Å². The van der Waals surface area contributed by atoms with Crippen LogP contribution in [-0.2, 0) is 11.3 Å². The fourth-order valence-corrected chi connectivity index (χ4v) is 4.12. The summed E-state index contributed by atoms with van der Waals surface area (Å²) in [6.45, 7) is 9.05. The van der Waals surface area contributed by atoms with E-state index in [0.29, 0.717) is 24.4 Å². The number of nitrogens with one attached hydrogen (secondary N) is 4. The quantitative estimate of drug-likeness (QED) is 0.0888. The van der Waals surface area contributed by atoms with Gasteiger partial charge in [0.15, 0.2) is 6.61 Å². The molecule has 0 atom stereocenters. The van der Waals surface area contributed by atoms with E-state index in [4.69, 9.17) is 14.2 Å². The number of alkyl halides is 4. The molecule has 1 heterocycles. The largest absolute Gasteiger partial charge is 0.494 e. The summed E-state index contributed by atoms with van der Waals surface area (Å²) in [6, 6.07) is 15.1. The highest BCUT2D eigenvalue weighted by molar-refractivity contribution is 9.09. The number of halogens is 4. The number of rotatable bonds is 16. The second-order valence-corrected chi connectivity index (χ2v) is 13.4. The molecule has 0 saturated heterocycles. The van der Waals surface area contributed by atoms with Gasteiger partial charge in [0.25, 0.3) is 5.91 Å². The van der Waals surface area contributed by atoms with Crippen molar-refractivity contribution in [2.75, 3.05) is 42.3 Å². The molecule has 2 aromatic carbocycles. The highest BCUT2D eigenvalue weighted by Gasteiger charge is 2.29. The minimum absolute atomic E-state index is 0.0505. The van der Waals surface area contributed by atoms with Crippen LogP contribution in [0.2, 0.25) is 0 Å². The maximum absolute atomic E-state index is 12.9. The summed E-state index contributed by atoms with van der Waals surface area (Å²) in [4.78, 5) is 33.2. The molecule has 0 saturated carbocycles. The summed E-state index contributed by atoms with van der Waals surface area (Å²) in [6.07, 6.45) is -4.21. The number of amides is 2. The van der Waals surface area contributed by atoms with Crippen LogP contribution >= 0.6 is 15.9 Å². The third-order valence-corrected chi connectivity index (χ3v) is 6.82. The van der Waals surface area contributed by atoms with Gasteiger partial charge in [0.05, 0.1) is 6.61 Å². The van der Waals surface area contributed by atoms with Crippen molar-refractivity contribution in [2.45, 2.75) is 59.4 Å². The number of aromatic nitrogens is 2. The Bertz CT molecular complexity index is 1480. The molecule has 0 aliphatic rings. The van der Waals surface area contributed by atoms with Gasteiger partial charge in [-0.15, -0.1) is 0 Å². The molecular formula is C33H42BrF3N6O5. The Labute approximate surface area is 286 Å². The van der Waals surface area contributed by atoms with Crippen LogP contribution < -0.4 is 30.7 Å². The van der Waals surface area contributed by atoms with Crippen LogP contribution in [0.5, 0.6) is 11.6 Å². The van der Waals surface area contributed by atoms with Crippen LogP contribution in [0.1, 0.15) is 57.0 Å². The SMILES string of the molecule is CC(C)(CNC(=O)OC(C)(C)C)CNC(=O)c1ccc(Nc2cc(OCC(F)(F)F)nc(NCc3ccc(OCCCBr)cc3)n2)cc1. The highest BCUT2D eigenvalue weighted by atomic mass is 79.9. The number of benzene rings is 2. The lowest BCUT2D eigenvalue weighted by molar-refractivity contribution is -0.154. The van der Waals surface area contributed by atoms with Gasteiger partial charge in [-0.1, -0.05) is 41.9 Å². The fourth-order valence-electron chi connectivity index (χ4n) is 3.89. The van der Waals surface area contributed by atoms with Crippen molar-refractivity contribution < 1.29 is 37.0 Å². The first-order chi connectivity index (χ1) is 22.5. The van der Waals surface area contributed by atoms with Gasteiger partial charge in [0, 0.05) is 42.3 Å². The second-order valence-electron chi connectivity index (χ2n) is 12.6. The summed E-state index contributed by atoms with van der Waals surface area (Å²) in [5.74, 6) is 0.362. The first-order valence-electron chi connectivity index (χ1n) is 15.2. The molecule has 4 N–H and O–H groups in total. The van der Waals surface area contributed by atoms with Gasteiger partial charge in [0.2, 0.25) is 11.8 Å². The van der Waals surface area contributed by atoms with Gasteiger partial charge < -0.3 is 35.5 Å². The van der Waals surface area contributed by atoms with Crippen LogP contribution in [0.4, 0.5) is 35.4 Å². The van der Waals surface area contributed by atoms with Gasteiger partial charge in [-0.05, 0) is 74.6 Å². The average Bonchev–Trinajstić information content (AvgIpc) is 3.01. The predicted molar refractivity (Wildman–Crippen MR) is 181 cm³/mol. The minimum Gasteiger partial charge on any atom is -0.494 e. The Morgan fingerprint density at radius 1 is 0.875 bits per heavy atom. The lowest BCUT2D eigenvalue weighted by atomic mass is 9.93. The smallest absolute Gasteiger partial charge is 0.422 e. The molecule has 0 aliphatic carbocycles. The van der Waals surface area contributed by atoms with Crippen LogP contribution in [-0.4, -0.2) is 65.4 Å². The molecule has 2 amide bonds. The number of ether oxygens (including phenoxy) is 3. The van der Waals surface area contributed by atoms with Gasteiger partial charge in [-0.2, -0.15) is 23.1 Å². The van der Waals surface area contributed by atoms with Crippen molar-refractivity contribution in [1.29, 1.82) is 0 Å². The summed E-state index contributed by atoms with van der Waals surface area (Å²) < 4.78 is 54.4. The number of carbonyl (C=O) groups excluding carboxylic acids is 2. The summed E-state index contributed by atoms with van der Waals surface area (Å²) in [5, 5.41) is 12.5. The molecule has 48 heavy (non-hydrogen) atoms. The molecule has 0 radical (unpaired) electrons. The Hall–Kier alpha value is -4.27. The van der Waals surface area contributed by atoms with Gasteiger partial charge in [-0.25, -0.2) is 4.79 Å². The molecule has 3 rings (SSSR count). The molecule has 0 aliphatic heterocycles. The first kappa shape index (κ1) is 38.2. The van der Waals surface area contributed by atoms with E-state index in [1.54, 1.807) is 45.0 Å². The molecule has 1 aromatic heterocycles. The summed E-state index contributed by atoms with van der Waals surface area (Å²) in [7, 11) is 0. The fraction of sp³-hybridized carbons (Fsp3) is 0.455. The zero-order chi connectivity index (χ0) is 35.4. The zero-order valence-corrected chi connectivity index (χ0v) is 29.2.